The summed E-state index contributed by atoms with van der Waals surface area (Å²) in [5.74, 6) is 0.425. The molecule has 3 aromatic heterocycles. The van der Waals surface area contributed by atoms with Gasteiger partial charge in [0, 0.05) is 56.4 Å². The fraction of sp³-hybridized carbons (Fsp3) is 0.346. The molecule has 4 heterocycles. The summed E-state index contributed by atoms with van der Waals surface area (Å²) in [5, 5.41) is 7.94. The van der Waals surface area contributed by atoms with Crippen LogP contribution in [0.15, 0.2) is 54.9 Å². The van der Waals surface area contributed by atoms with Gasteiger partial charge in [-0.15, -0.1) is 0 Å². The number of nitrogens with zero attached hydrogens (tertiary/aromatic N) is 5. The van der Waals surface area contributed by atoms with Crippen LogP contribution in [0.25, 0.3) is 5.65 Å². The molecule has 1 amide bonds. The van der Waals surface area contributed by atoms with E-state index in [0.717, 1.165) is 42.8 Å². The number of nitrogens with one attached hydrogen (secondary N) is 1. The fourth-order valence-corrected chi connectivity index (χ4v) is 5.02. The van der Waals surface area contributed by atoms with E-state index < -0.39 is 0 Å². The van der Waals surface area contributed by atoms with Gasteiger partial charge in [-0.05, 0) is 55.2 Å². The number of aromatic nitrogens is 4. The number of pyridine rings is 1. The standard InChI is InChI=1S/C26H29ClN6O/c1-3-22-25(33-17-20(27)6-9-24(33)30-22)26(34)28-16-18-4-7-21(8-5-18)32-14-11-19(12-15-32)23-10-13-29-31(23)2/h4-10,13,17,19H,3,11-12,14-16H2,1-2H3,(H,28,34). The minimum absolute atomic E-state index is 0.145. The van der Waals surface area contributed by atoms with Crippen LogP contribution in [0.3, 0.4) is 0 Å². The molecule has 0 bridgehead atoms. The van der Waals surface area contributed by atoms with Crippen LogP contribution in [-0.4, -0.2) is 38.2 Å². The highest BCUT2D eigenvalue weighted by Crippen LogP contribution is 2.30. The number of hydrogen-bond donors (Lipinski definition) is 1. The SMILES string of the molecule is CCc1nc2ccc(Cl)cn2c1C(=O)NCc1ccc(N2CCC(c3ccnn3C)CC2)cc1. The lowest BCUT2D eigenvalue weighted by atomic mass is 9.93. The van der Waals surface area contributed by atoms with Gasteiger partial charge in [-0.25, -0.2) is 4.98 Å². The van der Waals surface area contributed by atoms with Gasteiger partial charge in [0.15, 0.2) is 0 Å². The number of imidazole rings is 1. The number of amides is 1. The van der Waals surface area contributed by atoms with E-state index in [1.54, 1.807) is 16.7 Å². The molecule has 1 N–H and O–H groups in total. The highest BCUT2D eigenvalue weighted by atomic mass is 35.5. The lowest BCUT2D eigenvalue weighted by Crippen LogP contribution is -2.33. The topological polar surface area (TPSA) is 67.5 Å². The summed E-state index contributed by atoms with van der Waals surface area (Å²) in [4.78, 5) is 20.0. The zero-order valence-corrected chi connectivity index (χ0v) is 20.3. The first-order valence-corrected chi connectivity index (χ1v) is 12.2. The third-order valence-corrected chi connectivity index (χ3v) is 6.95. The lowest BCUT2D eigenvalue weighted by molar-refractivity contribution is 0.0944. The molecule has 0 unspecified atom stereocenters. The average molecular weight is 477 g/mol. The number of carbonyl (C=O) groups is 1. The Labute approximate surface area is 204 Å². The second kappa shape index (κ2) is 9.50. The van der Waals surface area contributed by atoms with Crippen LogP contribution in [0.5, 0.6) is 0 Å². The molecule has 0 spiro atoms. The lowest BCUT2D eigenvalue weighted by Gasteiger charge is -2.33. The maximum Gasteiger partial charge on any atom is 0.270 e. The zero-order valence-electron chi connectivity index (χ0n) is 19.5. The summed E-state index contributed by atoms with van der Waals surface area (Å²) < 4.78 is 3.77. The summed E-state index contributed by atoms with van der Waals surface area (Å²) in [6.45, 7) is 4.52. The van der Waals surface area contributed by atoms with E-state index in [-0.39, 0.29) is 5.91 Å². The quantitative estimate of drug-likeness (QED) is 0.441. The Hall–Kier alpha value is -3.32. The molecule has 1 aromatic carbocycles. The molecular weight excluding hydrogens is 448 g/mol. The summed E-state index contributed by atoms with van der Waals surface area (Å²) >= 11 is 6.15. The van der Waals surface area contributed by atoms with E-state index in [0.29, 0.717) is 29.6 Å². The predicted molar refractivity (Wildman–Crippen MR) is 135 cm³/mol. The van der Waals surface area contributed by atoms with Crippen molar-refractivity contribution in [1.82, 2.24) is 24.5 Å². The molecule has 4 aromatic rings. The highest BCUT2D eigenvalue weighted by molar-refractivity contribution is 6.30. The number of hydrogen-bond acceptors (Lipinski definition) is 4. The summed E-state index contributed by atoms with van der Waals surface area (Å²) in [6, 6.07) is 14.2. The normalized spacial score (nSPS) is 14.6. The third-order valence-electron chi connectivity index (χ3n) is 6.73. The van der Waals surface area contributed by atoms with Crippen LogP contribution in [-0.2, 0) is 20.0 Å². The van der Waals surface area contributed by atoms with E-state index in [9.17, 15) is 4.79 Å². The second-order valence-corrected chi connectivity index (χ2v) is 9.26. The van der Waals surface area contributed by atoms with E-state index >= 15 is 0 Å². The van der Waals surface area contributed by atoms with E-state index in [4.69, 9.17) is 11.6 Å². The summed E-state index contributed by atoms with van der Waals surface area (Å²) in [6.07, 6.45) is 6.55. The molecule has 1 aliphatic heterocycles. The van der Waals surface area contributed by atoms with Crippen LogP contribution in [0.1, 0.15) is 53.1 Å². The Morgan fingerprint density at radius 3 is 2.56 bits per heavy atom. The number of carbonyl (C=O) groups excluding carboxylic acids is 1. The van der Waals surface area contributed by atoms with Crippen LogP contribution in [0, 0.1) is 0 Å². The monoisotopic (exact) mass is 476 g/mol. The molecule has 1 fully saturated rings. The average Bonchev–Trinajstić information content (AvgIpc) is 3.45. The number of aryl methyl sites for hydroxylation is 2. The predicted octanol–water partition coefficient (Wildman–Crippen LogP) is 4.60. The maximum atomic E-state index is 13.0. The van der Waals surface area contributed by atoms with Crippen molar-refractivity contribution in [2.75, 3.05) is 18.0 Å². The molecule has 8 heteroatoms. The Morgan fingerprint density at radius 1 is 1.12 bits per heavy atom. The minimum Gasteiger partial charge on any atom is -0.371 e. The molecule has 7 nitrogen and oxygen atoms in total. The van der Waals surface area contributed by atoms with Crippen molar-refractivity contribution < 1.29 is 4.79 Å². The highest BCUT2D eigenvalue weighted by Gasteiger charge is 2.23. The Morgan fingerprint density at radius 2 is 1.88 bits per heavy atom. The number of halogens is 1. The van der Waals surface area contributed by atoms with Crippen molar-refractivity contribution >= 4 is 28.8 Å². The zero-order chi connectivity index (χ0) is 23.7. The molecule has 1 saturated heterocycles. The van der Waals surface area contributed by atoms with Crippen molar-refractivity contribution in [1.29, 1.82) is 0 Å². The van der Waals surface area contributed by atoms with Gasteiger partial charge >= 0.3 is 0 Å². The Bertz CT molecular complexity index is 1300. The summed E-state index contributed by atoms with van der Waals surface area (Å²) in [5.41, 5.74) is 5.65. The Kier molecular flexibility index (Phi) is 6.28. The largest absolute Gasteiger partial charge is 0.371 e. The van der Waals surface area contributed by atoms with E-state index in [1.165, 1.54) is 11.4 Å². The van der Waals surface area contributed by atoms with Gasteiger partial charge in [-0.1, -0.05) is 30.7 Å². The van der Waals surface area contributed by atoms with Gasteiger partial charge in [0.1, 0.15) is 11.3 Å². The number of benzene rings is 1. The van der Waals surface area contributed by atoms with Gasteiger partial charge in [0.05, 0.1) is 10.7 Å². The van der Waals surface area contributed by atoms with Gasteiger partial charge in [0.2, 0.25) is 0 Å². The van der Waals surface area contributed by atoms with Gasteiger partial charge in [0.25, 0.3) is 5.91 Å². The molecule has 5 rings (SSSR count). The molecule has 0 atom stereocenters. The number of piperidine rings is 1. The van der Waals surface area contributed by atoms with Crippen molar-refractivity contribution in [3.05, 3.63) is 82.5 Å². The van der Waals surface area contributed by atoms with Crippen molar-refractivity contribution in [2.45, 2.75) is 38.6 Å². The first-order valence-electron chi connectivity index (χ1n) is 11.8. The molecule has 34 heavy (non-hydrogen) atoms. The first kappa shape index (κ1) is 22.5. The molecule has 0 saturated carbocycles. The maximum absolute atomic E-state index is 13.0. The molecular formula is C26H29ClN6O. The molecule has 1 aliphatic rings. The molecule has 0 radical (unpaired) electrons. The van der Waals surface area contributed by atoms with E-state index in [1.807, 2.05) is 30.9 Å². The number of anilines is 1. The molecule has 176 valence electrons. The number of rotatable bonds is 6. The smallest absolute Gasteiger partial charge is 0.270 e. The first-order chi connectivity index (χ1) is 16.5. The van der Waals surface area contributed by atoms with Crippen LogP contribution >= 0.6 is 11.6 Å². The van der Waals surface area contributed by atoms with Crippen molar-refractivity contribution in [3.63, 3.8) is 0 Å². The van der Waals surface area contributed by atoms with Gasteiger partial charge in [-0.2, -0.15) is 5.10 Å². The molecule has 0 aliphatic carbocycles. The van der Waals surface area contributed by atoms with Crippen LogP contribution in [0.4, 0.5) is 5.69 Å². The summed E-state index contributed by atoms with van der Waals surface area (Å²) in [7, 11) is 2.02. The number of fused-ring (bicyclic) bond motifs is 1. The Balaban J connectivity index is 1.21. The minimum atomic E-state index is -0.145. The van der Waals surface area contributed by atoms with Crippen LogP contribution < -0.4 is 10.2 Å². The van der Waals surface area contributed by atoms with E-state index in [2.05, 4.69) is 50.6 Å². The van der Waals surface area contributed by atoms with Crippen molar-refractivity contribution in [3.8, 4) is 0 Å². The fourth-order valence-electron chi connectivity index (χ4n) is 4.86. The second-order valence-electron chi connectivity index (χ2n) is 8.83. The van der Waals surface area contributed by atoms with Crippen LogP contribution in [0.2, 0.25) is 5.02 Å². The van der Waals surface area contributed by atoms with Gasteiger partial charge < -0.3 is 10.2 Å². The van der Waals surface area contributed by atoms with Gasteiger partial charge in [-0.3, -0.25) is 13.9 Å². The van der Waals surface area contributed by atoms with Crippen molar-refractivity contribution in [2.24, 2.45) is 7.05 Å². The third kappa shape index (κ3) is 4.40.